The molecule has 0 unspecified atom stereocenters. The van der Waals surface area contributed by atoms with E-state index in [9.17, 15) is 14.5 Å². The molecule has 0 radical (unpaired) electrons. The van der Waals surface area contributed by atoms with E-state index in [4.69, 9.17) is 16.3 Å². The minimum atomic E-state index is -0.832. The average molecular weight is 328 g/mol. The van der Waals surface area contributed by atoms with Crippen molar-refractivity contribution in [3.63, 3.8) is 0 Å². The van der Waals surface area contributed by atoms with E-state index in [2.05, 4.69) is 4.98 Å². The van der Waals surface area contributed by atoms with Gasteiger partial charge in [0.1, 0.15) is 5.69 Å². The molecule has 2 heterocycles. The molecule has 0 saturated heterocycles. The second-order valence-corrected chi connectivity index (χ2v) is 5.17. The Bertz CT molecular complexity index is 832. The quantitative estimate of drug-likeness (QED) is 0.413. The van der Waals surface area contributed by atoms with Crippen LogP contribution in [-0.4, -0.2) is 14.3 Å². The second-order valence-electron chi connectivity index (χ2n) is 4.03. The lowest BCUT2D eigenvalue weighted by atomic mass is 10.3. The highest BCUT2D eigenvalue weighted by Gasteiger charge is 2.17. The van der Waals surface area contributed by atoms with Crippen molar-refractivity contribution >= 4 is 33.6 Å². The molecule has 0 saturated carbocycles. The third kappa shape index (κ3) is 2.43. The summed E-state index contributed by atoms with van der Waals surface area (Å²) in [7, 11) is 0. The number of nitrogens with zero attached hydrogens (tertiary/aromatic N) is 3. The zero-order valence-electron chi connectivity index (χ0n) is 10.3. The monoisotopic (exact) mass is 327 g/mol. The summed E-state index contributed by atoms with van der Waals surface area (Å²) in [5.41, 5.74) is 0.244. The largest absolute Gasteiger partial charge is 0.434 e. The number of nitro benzene ring substituents is 1. The summed E-state index contributed by atoms with van der Waals surface area (Å²) in [6.45, 7) is 0. The third-order valence-corrected chi connectivity index (χ3v) is 3.79. The molecular weight excluding hydrogens is 321 g/mol. The molecule has 0 spiro atoms. The molecule has 0 bridgehead atoms. The molecule has 0 fully saturated rings. The summed E-state index contributed by atoms with van der Waals surface area (Å²) in [4.78, 5) is 14.8. The highest BCUT2D eigenvalue weighted by atomic mass is 35.5. The Labute approximate surface area is 126 Å². The van der Waals surface area contributed by atoms with Gasteiger partial charge in [-0.1, -0.05) is 0 Å². The lowest BCUT2D eigenvalue weighted by Crippen LogP contribution is -1.95. The molecular formula is C12H7ClFN3O3S. The first-order valence-corrected chi connectivity index (χ1v) is 7.13. The van der Waals surface area contributed by atoms with Crippen LogP contribution in [0.5, 0.6) is 11.6 Å². The van der Waals surface area contributed by atoms with Gasteiger partial charge < -0.3 is 4.74 Å². The van der Waals surface area contributed by atoms with Crippen LogP contribution >= 0.6 is 22.9 Å². The van der Waals surface area contributed by atoms with E-state index in [0.29, 0.717) is 10.7 Å². The number of rotatable bonds is 4. The van der Waals surface area contributed by atoms with Gasteiger partial charge in [-0.3, -0.25) is 14.5 Å². The van der Waals surface area contributed by atoms with E-state index in [0.717, 1.165) is 12.1 Å². The summed E-state index contributed by atoms with van der Waals surface area (Å²) < 4.78 is 21.0. The van der Waals surface area contributed by atoms with Gasteiger partial charge in [0.2, 0.25) is 5.88 Å². The van der Waals surface area contributed by atoms with Crippen molar-refractivity contribution in [1.29, 1.82) is 0 Å². The number of hydrogen-bond donors (Lipinski definition) is 0. The minimum Gasteiger partial charge on any atom is -0.434 e. The highest BCUT2D eigenvalue weighted by Crippen LogP contribution is 2.31. The van der Waals surface area contributed by atoms with Gasteiger partial charge in [-0.05, 0) is 6.07 Å². The van der Waals surface area contributed by atoms with E-state index in [1.807, 2.05) is 5.38 Å². The van der Waals surface area contributed by atoms with Crippen LogP contribution in [0.3, 0.4) is 0 Å². The Morgan fingerprint density at radius 3 is 3.00 bits per heavy atom. The van der Waals surface area contributed by atoms with Crippen molar-refractivity contribution in [3.8, 4) is 11.6 Å². The molecule has 0 amide bonds. The van der Waals surface area contributed by atoms with Crippen LogP contribution < -0.4 is 4.74 Å². The second kappa shape index (κ2) is 5.30. The first-order chi connectivity index (χ1) is 10.1. The van der Waals surface area contributed by atoms with E-state index in [-0.39, 0.29) is 23.2 Å². The number of non-ortho nitro benzene ring substituents is 1. The fraction of sp³-hybridized carbons (Fsp3) is 0.0833. The maximum atomic E-state index is 13.8. The minimum absolute atomic E-state index is 0.141. The number of benzene rings is 1. The molecule has 0 aliphatic carbocycles. The molecule has 0 N–H and O–H groups in total. The number of thiazole rings is 1. The van der Waals surface area contributed by atoms with Gasteiger partial charge >= 0.3 is 0 Å². The molecule has 2 aromatic heterocycles. The summed E-state index contributed by atoms with van der Waals surface area (Å²) in [5, 5.41) is 12.4. The van der Waals surface area contributed by atoms with Crippen LogP contribution in [0, 0.1) is 15.9 Å². The first kappa shape index (κ1) is 13.8. The van der Waals surface area contributed by atoms with Gasteiger partial charge in [0.05, 0.1) is 16.9 Å². The maximum absolute atomic E-state index is 13.8. The fourth-order valence-corrected chi connectivity index (χ4v) is 2.77. The summed E-state index contributed by atoms with van der Waals surface area (Å²) >= 11 is 7.25. The van der Waals surface area contributed by atoms with Crippen LogP contribution in [0.4, 0.5) is 10.1 Å². The molecule has 0 aliphatic rings. The molecule has 3 aromatic rings. The predicted octanol–water partition coefficient (Wildman–Crippen LogP) is 3.97. The molecule has 9 heteroatoms. The number of halogens is 2. The number of hydrogen-bond acceptors (Lipinski definition) is 5. The van der Waals surface area contributed by atoms with Crippen LogP contribution in [0.2, 0.25) is 0 Å². The summed E-state index contributed by atoms with van der Waals surface area (Å²) in [5.74, 6) is -0.648. The fourth-order valence-electron chi connectivity index (χ4n) is 1.81. The lowest BCUT2D eigenvalue weighted by molar-refractivity contribution is -0.385. The van der Waals surface area contributed by atoms with Crippen molar-refractivity contribution in [2.45, 2.75) is 5.88 Å². The first-order valence-electron chi connectivity index (χ1n) is 5.72. The molecule has 1 aromatic carbocycles. The molecule has 0 aliphatic heterocycles. The van der Waals surface area contributed by atoms with Crippen LogP contribution in [-0.2, 0) is 5.88 Å². The zero-order chi connectivity index (χ0) is 15.0. The van der Waals surface area contributed by atoms with E-state index < -0.39 is 10.7 Å². The van der Waals surface area contributed by atoms with Gasteiger partial charge in [-0.25, -0.2) is 4.39 Å². The number of alkyl halides is 1. The molecule has 0 atom stereocenters. The van der Waals surface area contributed by atoms with Gasteiger partial charge in [0.15, 0.2) is 16.5 Å². The maximum Gasteiger partial charge on any atom is 0.272 e. The molecule has 6 nitrogen and oxygen atoms in total. The highest BCUT2D eigenvalue weighted by molar-refractivity contribution is 7.15. The number of aromatic nitrogens is 2. The topological polar surface area (TPSA) is 69.7 Å². The Kier molecular flexibility index (Phi) is 3.48. The smallest absolute Gasteiger partial charge is 0.272 e. The Morgan fingerprint density at radius 1 is 1.52 bits per heavy atom. The normalized spacial score (nSPS) is 11.0. The molecule has 3 rings (SSSR count). The van der Waals surface area contributed by atoms with Crippen molar-refractivity contribution in [2.75, 3.05) is 0 Å². The lowest BCUT2D eigenvalue weighted by Gasteiger charge is -2.05. The van der Waals surface area contributed by atoms with Crippen molar-refractivity contribution < 1.29 is 14.1 Å². The van der Waals surface area contributed by atoms with Crippen molar-refractivity contribution in [2.24, 2.45) is 0 Å². The van der Waals surface area contributed by atoms with E-state index in [1.165, 1.54) is 17.4 Å². The van der Waals surface area contributed by atoms with Crippen molar-refractivity contribution in [1.82, 2.24) is 9.38 Å². The van der Waals surface area contributed by atoms with E-state index in [1.54, 1.807) is 10.6 Å². The van der Waals surface area contributed by atoms with E-state index >= 15 is 0 Å². The van der Waals surface area contributed by atoms with Gasteiger partial charge in [0, 0.05) is 17.6 Å². The predicted molar refractivity (Wildman–Crippen MR) is 75.8 cm³/mol. The number of ether oxygens (including phenoxy) is 1. The number of fused-ring (bicyclic) bond motifs is 1. The summed E-state index contributed by atoms with van der Waals surface area (Å²) in [6.07, 6.45) is 1.78. The van der Waals surface area contributed by atoms with Crippen LogP contribution in [0.1, 0.15) is 5.69 Å². The molecule has 108 valence electrons. The van der Waals surface area contributed by atoms with Gasteiger partial charge in [-0.2, -0.15) is 4.98 Å². The number of nitro groups is 1. The summed E-state index contributed by atoms with van der Waals surface area (Å²) in [6, 6.07) is 3.16. The third-order valence-electron chi connectivity index (χ3n) is 2.78. The van der Waals surface area contributed by atoms with Crippen LogP contribution in [0.15, 0.2) is 29.8 Å². The van der Waals surface area contributed by atoms with Gasteiger partial charge in [0.25, 0.3) is 5.69 Å². The Hall–Kier alpha value is -2.19. The SMILES string of the molecule is O=[N+]([O-])c1ccc(Oc2nc3sccn3c2CCl)c(F)c1. The zero-order valence-corrected chi connectivity index (χ0v) is 11.9. The van der Waals surface area contributed by atoms with Gasteiger partial charge in [-0.15, -0.1) is 22.9 Å². The average Bonchev–Trinajstić information content (AvgIpc) is 3.00. The number of imidazole rings is 1. The molecule has 21 heavy (non-hydrogen) atoms. The standard InChI is InChI=1S/C12H7ClFN3O3S/c13-6-9-11(15-12-16(9)3-4-21-12)20-10-2-1-7(17(18)19)5-8(10)14/h1-5H,6H2. The van der Waals surface area contributed by atoms with Crippen molar-refractivity contribution in [3.05, 3.63) is 51.4 Å². The Morgan fingerprint density at radius 2 is 2.33 bits per heavy atom. The van der Waals surface area contributed by atoms with Crippen LogP contribution in [0.25, 0.3) is 4.96 Å². The Balaban J connectivity index is 1.98.